The number of nitrogens with one attached hydrogen (secondary N) is 1. The molecule has 1 aliphatic heterocycles. The minimum absolute atomic E-state index is 0.0141. The molecule has 8 heteroatoms. The van der Waals surface area contributed by atoms with E-state index in [1.165, 1.54) is 12.1 Å². The second-order valence-corrected chi connectivity index (χ2v) is 7.19. The van der Waals surface area contributed by atoms with Crippen LogP contribution in [0.2, 0.25) is 0 Å². The molecule has 0 unspecified atom stereocenters. The van der Waals surface area contributed by atoms with Gasteiger partial charge in [-0.3, -0.25) is 14.9 Å². The summed E-state index contributed by atoms with van der Waals surface area (Å²) in [6, 6.07) is 9.83. The van der Waals surface area contributed by atoms with Gasteiger partial charge in [-0.1, -0.05) is 19.9 Å². The van der Waals surface area contributed by atoms with Gasteiger partial charge in [-0.2, -0.15) is 0 Å². The summed E-state index contributed by atoms with van der Waals surface area (Å²) in [4.78, 5) is 22.9. The number of benzene rings is 2. The van der Waals surface area contributed by atoms with E-state index in [9.17, 15) is 14.9 Å². The van der Waals surface area contributed by atoms with E-state index in [-0.39, 0.29) is 30.2 Å². The van der Waals surface area contributed by atoms with Crippen molar-refractivity contribution in [2.45, 2.75) is 26.8 Å². The highest BCUT2D eigenvalue weighted by molar-refractivity contribution is 5.78. The molecule has 0 aromatic heterocycles. The molecule has 1 aliphatic rings. The monoisotopic (exact) mass is 400 g/mol. The quantitative estimate of drug-likeness (QED) is 0.563. The summed E-state index contributed by atoms with van der Waals surface area (Å²) in [5.41, 5.74) is 1.41. The van der Waals surface area contributed by atoms with Crippen molar-refractivity contribution in [3.8, 4) is 17.2 Å². The Morgan fingerprint density at radius 2 is 1.90 bits per heavy atom. The summed E-state index contributed by atoms with van der Waals surface area (Å²) in [6.45, 7) is 6.49. The minimum Gasteiger partial charge on any atom is -0.486 e. The number of nitro groups is 1. The molecule has 154 valence electrons. The molecule has 0 saturated heterocycles. The van der Waals surface area contributed by atoms with Crippen LogP contribution in [-0.4, -0.2) is 30.7 Å². The van der Waals surface area contributed by atoms with Gasteiger partial charge in [0, 0.05) is 11.6 Å². The third-order valence-electron chi connectivity index (χ3n) is 4.64. The zero-order chi connectivity index (χ0) is 21.0. The van der Waals surface area contributed by atoms with Gasteiger partial charge in [-0.25, -0.2) is 0 Å². The summed E-state index contributed by atoms with van der Waals surface area (Å²) >= 11 is 0. The molecule has 1 atom stereocenters. The van der Waals surface area contributed by atoms with Crippen LogP contribution in [0.3, 0.4) is 0 Å². The van der Waals surface area contributed by atoms with Crippen molar-refractivity contribution in [2.75, 3.05) is 19.8 Å². The molecule has 29 heavy (non-hydrogen) atoms. The number of hydrogen-bond donors (Lipinski definition) is 1. The van der Waals surface area contributed by atoms with Crippen molar-refractivity contribution >= 4 is 11.6 Å². The first kappa shape index (κ1) is 20.4. The Hall–Kier alpha value is -3.29. The van der Waals surface area contributed by atoms with Gasteiger partial charge >= 0.3 is 0 Å². The number of carbonyl (C=O) groups excluding carboxylic acids is 1. The van der Waals surface area contributed by atoms with E-state index >= 15 is 0 Å². The minimum atomic E-state index is -0.452. The van der Waals surface area contributed by atoms with E-state index in [1.54, 1.807) is 13.0 Å². The van der Waals surface area contributed by atoms with Crippen LogP contribution >= 0.6 is 0 Å². The summed E-state index contributed by atoms with van der Waals surface area (Å²) in [5, 5.41) is 13.9. The molecule has 0 fully saturated rings. The largest absolute Gasteiger partial charge is 0.486 e. The molecular formula is C21H24N2O6. The number of carbonyl (C=O) groups is 1. The SMILES string of the molecule is Cc1cc(OCC(=O)N[C@@H](c2ccc3c(c2)OCCO3)C(C)C)ccc1[N+](=O)[O-]. The molecule has 0 radical (unpaired) electrons. The first-order valence-corrected chi connectivity index (χ1v) is 9.42. The molecule has 0 aliphatic carbocycles. The second-order valence-electron chi connectivity index (χ2n) is 7.19. The van der Waals surface area contributed by atoms with Gasteiger partial charge < -0.3 is 19.5 Å². The third-order valence-corrected chi connectivity index (χ3v) is 4.64. The molecule has 1 heterocycles. The van der Waals surface area contributed by atoms with Gasteiger partial charge in [0.05, 0.1) is 11.0 Å². The number of rotatable bonds is 7. The maximum absolute atomic E-state index is 12.5. The zero-order valence-electron chi connectivity index (χ0n) is 16.6. The smallest absolute Gasteiger partial charge is 0.272 e. The van der Waals surface area contributed by atoms with Crippen LogP contribution in [-0.2, 0) is 4.79 Å². The van der Waals surface area contributed by atoms with Gasteiger partial charge in [-0.05, 0) is 42.7 Å². The molecule has 0 spiro atoms. The normalized spacial score (nSPS) is 13.7. The van der Waals surface area contributed by atoms with Crippen LogP contribution < -0.4 is 19.5 Å². The molecule has 1 amide bonds. The van der Waals surface area contributed by atoms with E-state index < -0.39 is 4.92 Å². The van der Waals surface area contributed by atoms with Crippen molar-refractivity contribution in [3.05, 3.63) is 57.6 Å². The highest BCUT2D eigenvalue weighted by atomic mass is 16.6. The third kappa shape index (κ3) is 4.96. The lowest BCUT2D eigenvalue weighted by molar-refractivity contribution is -0.385. The second kappa shape index (κ2) is 8.81. The van der Waals surface area contributed by atoms with Crippen molar-refractivity contribution in [1.29, 1.82) is 0 Å². The fraction of sp³-hybridized carbons (Fsp3) is 0.381. The zero-order valence-corrected chi connectivity index (χ0v) is 16.6. The van der Waals surface area contributed by atoms with Crippen LogP contribution in [0.1, 0.15) is 31.0 Å². The number of nitro benzene ring substituents is 1. The molecule has 2 aromatic carbocycles. The number of fused-ring (bicyclic) bond motifs is 1. The fourth-order valence-electron chi connectivity index (χ4n) is 3.17. The molecule has 0 bridgehead atoms. The highest BCUT2D eigenvalue weighted by Crippen LogP contribution is 2.34. The maximum atomic E-state index is 12.5. The van der Waals surface area contributed by atoms with E-state index in [2.05, 4.69) is 5.32 Å². The molecule has 2 aromatic rings. The number of nitrogens with zero attached hydrogens (tertiary/aromatic N) is 1. The van der Waals surface area contributed by atoms with Crippen LogP contribution in [0.25, 0.3) is 0 Å². The molecule has 8 nitrogen and oxygen atoms in total. The Labute approximate surface area is 168 Å². The number of amides is 1. The summed E-state index contributed by atoms with van der Waals surface area (Å²) < 4.78 is 16.7. The topological polar surface area (TPSA) is 99.9 Å². The predicted octanol–water partition coefficient (Wildman–Crippen LogP) is 3.57. The summed E-state index contributed by atoms with van der Waals surface area (Å²) in [7, 11) is 0. The van der Waals surface area contributed by atoms with E-state index in [1.807, 2.05) is 32.0 Å². The number of aryl methyl sites for hydroxylation is 1. The number of ether oxygens (including phenoxy) is 3. The van der Waals surface area contributed by atoms with Crippen molar-refractivity contribution in [2.24, 2.45) is 5.92 Å². The van der Waals surface area contributed by atoms with Gasteiger partial charge in [0.1, 0.15) is 19.0 Å². The first-order valence-electron chi connectivity index (χ1n) is 9.42. The van der Waals surface area contributed by atoms with E-state index in [0.29, 0.717) is 36.0 Å². The Balaban J connectivity index is 1.64. The predicted molar refractivity (Wildman–Crippen MR) is 106 cm³/mol. The molecule has 0 saturated carbocycles. The van der Waals surface area contributed by atoms with Gasteiger partial charge in [0.2, 0.25) is 0 Å². The molecule has 1 N–H and O–H groups in total. The Kier molecular flexibility index (Phi) is 6.21. The summed E-state index contributed by atoms with van der Waals surface area (Å²) in [6.07, 6.45) is 0. The van der Waals surface area contributed by atoms with E-state index in [0.717, 1.165) is 5.56 Å². The fourth-order valence-corrected chi connectivity index (χ4v) is 3.17. The van der Waals surface area contributed by atoms with Crippen LogP contribution in [0.5, 0.6) is 17.2 Å². The Morgan fingerprint density at radius 3 is 2.55 bits per heavy atom. The summed E-state index contributed by atoms with van der Waals surface area (Å²) in [5.74, 6) is 1.64. The maximum Gasteiger partial charge on any atom is 0.272 e. The van der Waals surface area contributed by atoms with Gasteiger partial charge in [-0.15, -0.1) is 0 Å². The molecular weight excluding hydrogens is 376 g/mol. The lowest BCUT2D eigenvalue weighted by Crippen LogP contribution is -2.35. The first-order chi connectivity index (χ1) is 13.8. The van der Waals surface area contributed by atoms with Crippen molar-refractivity contribution in [3.63, 3.8) is 0 Å². The standard InChI is InChI=1S/C21H24N2O6/c1-13(2)21(15-4-7-18-19(11-15)28-9-8-27-18)22-20(24)12-29-16-5-6-17(23(25)26)14(3)10-16/h4-7,10-11,13,21H,8-9,12H2,1-3H3,(H,22,24)/t21-/m1/s1. The van der Waals surface area contributed by atoms with Crippen molar-refractivity contribution in [1.82, 2.24) is 5.32 Å². The lowest BCUT2D eigenvalue weighted by Gasteiger charge is -2.25. The van der Waals surface area contributed by atoms with Crippen molar-refractivity contribution < 1.29 is 23.9 Å². The highest BCUT2D eigenvalue weighted by Gasteiger charge is 2.22. The average molecular weight is 400 g/mol. The van der Waals surface area contributed by atoms with E-state index in [4.69, 9.17) is 14.2 Å². The van der Waals surface area contributed by atoms with Crippen LogP contribution in [0.4, 0.5) is 5.69 Å². The lowest BCUT2D eigenvalue weighted by atomic mass is 9.95. The van der Waals surface area contributed by atoms with Crippen LogP contribution in [0.15, 0.2) is 36.4 Å². The van der Waals surface area contributed by atoms with Gasteiger partial charge in [0.25, 0.3) is 11.6 Å². The van der Waals surface area contributed by atoms with Crippen LogP contribution in [0, 0.1) is 23.0 Å². The average Bonchev–Trinajstić information content (AvgIpc) is 2.69. The van der Waals surface area contributed by atoms with Gasteiger partial charge in [0.15, 0.2) is 18.1 Å². The Morgan fingerprint density at radius 1 is 1.17 bits per heavy atom. The Bertz CT molecular complexity index is 912. The number of hydrogen-bond acceptors (Lipinski definition) is 6. The molecule has 3 rings (SSSR count).